The molecule has 6 nitrogen and oxygen atoms in total. The molecule has 4 aliphatic rings. The second kappa shape index (κ2) is 5.30. The first-order valence-corrected chi connectivity index (χ1v) is 9.01. The van der Waals surface area contributed by atoms with Gasteiger partial charge in [0.2, 0.25) is 0 Å². The Bertz CT molecular complexity index is 650. The van der Waals surface area contributed by atoms with Gasteiger partial charge in [-0.15, -0.1) is 0 Å². The van der Waals surface area contributed by atoms with Crippen LogP contribution >= 0.6 is 0 Å². The number of carbonyl (C=O) groups is 2. The van der Waals surface area contributed by atoms with E-state index in [0.717, 1.165) is 12.8 Å². The molecule has 0 unspecified atom stereocenters. The molecule has 2 heterocycles. The van der Waals surface area contributed by atoms with E-state index in [1.165, 1.54) is 19.4 Å². The van der Waals surface area contributed by atoms with Crippen LogP contribution in [0.5, 0.6) is 0 Å². The molecule has 0 aromatic heterocycles. The largest absolute Gasteiger partial charge is 0.465 e. The van der Waals surface area contributed by atoms with Crippen molar-refractivity contribution in [2.45, 2.75) is 70.9 Å². The van der Waals surface area contributed by atoms with Crippen molar-refractivity contribution in [3.05, 3.63) is 11.6 Å². The fraction of sp³-hybridized carbons (Fsp3) is 0.789. The second-order valence-electron chi connectivity index (χ2n) is 8.29. The quantitative estimate of drug-likeness (QED) is 0.441. The minimum absolute atomic E-state index is 0.161. The molecule has 2 aliphatic heterocycles. The monoisotopic (exact) mass is 350 g/mol. The van der Waals surface area contributed by atoms with E-state index in [1.807, 2.05) is 0 Å². The first-order chi connectivity index (χ1) is 11.7. The molecular weight excluding hydrogens is 324 g/mol. The topological polar surface area (TPSA) is 74.4 Å². The third kappa shape index (κ3) is 2.16. The second-order valence-corrected chi connectivity index (χ2v) is 8.29. The average Bonchev–Trinajstić information content (AvgIpc) is 3.28. The molecule has 3 fully saturated rings. The van der Waals surface area contributed by atoms with Crippen molar-refractivity contribution in [2.24, 2.45) is 10.8 Å². The van der Waals surface area contributed by atoms with Crippen LogP contribution in [0.2, 0.25) is 0 Å². The molecule has 6 heteroatoms. The summed E-state index contributed by atoms with van der Waals surface area (Å²) in [6.07, 6.45) is 3.89. The predicted molar refractivity (Wildman–Crippen MR) is 87.7 cm³/mol. The van der Waals surface area contributed by atoms with Gasteiger partial charge in [-0.2, -0.15) is 0 Å². The lowest BCUT2D eigenvalue weighted by Crippen LogP contribution is -2.64. The van der Waals surface area contributed by atoms with Crippen LogP contribution in [-0.4, -0.2) is 49.1 Å². The average molecular weight is 350 g/mol. The standard InChI is InChI=1S/C19H26O6/c1-11-5-6-18(9-22-12(2)20)15(7-11)25-16-14(24-13(3)21)8-17(18,4)19(16)10-23-19/h7,14-16H,5-6,8-10H2,1-4H3/t14-,15-,16-,17-,18-,19-/m1/s1. The Hall–Kier alpha value is -1.40. The summed E-state index contributed by atoms with van der Waals surface area (Å²) in [7, 11) is 0. The Morgan fingerprint density at radius 2 is 2.04 bits per heavy atom. The molecule has 0 amide bonds. The van der Waals surface area contributed by atoms with Crippen LogP contribution in [0.1, 0.15) is 47.0 Å². The molecular formula is C19H26O6. The van der Waals surface area contributed by atoms with Gasteiger partial charge in [-0.3, -0.25) is 9.59 Å². The maximum absolute atomic E-state index is 11.6. The van der Waals surface area contributed by atoms with Gasteiger partial charge in [0.1, 0.15) is 24.4 Å². The summed E-state index contributed by atoms with van der Waals surface area (Å²) in [6.45, 7) is 8.07. The van der Waals surface area contributed by atoms with E-state index in [1.54, 1.807) is 0 Å². The minimum atomic E-state index is -0.442. The molecule has 4 rings (SSSR count). The zero-order chi connectivity index (χ0) is 18.0. The highest BCUT2D eigenvalue weighted by Crippen LogP contribution is 2.71. The minimum Gasteiger partial charge on any atom is -0.465 e. The number of hydrogen-bond donors (Lipinski definition) is 0. The molecule has 25 heavy (non-hydrogen) atoms. The van der Waals surface area contributed by atoms with Gasteiger partial charge < -0.3 is 18.9 Å². The maximum atomic E-state index is 11.6. The molecule has 2 bridgehead atoms. The van der Waals surface area contributed by atoms with Gasteiger partial charge in [0.05, 0.1) is 12.7 Å². The lowest BCUT2D eigenvalue weighted by Gasteiger charge is -2.57. The number of ether oxygens (including phenoxy) is 4. The summed E-state index contributed by atoms with van der Waals surface area (Å²) < 4.78 is 23.6. The van der Waals surface area contributed by atoms with Crippen molar-refractivity contribution < 1.29 is 28.5 Å². The summed E-state index contributed by atoms with van der Waals surface area (Å²) in [5.41, 5.74) is 0.201. The highest BCUT2D eigenvalue weighted by Gasteiger charge is 2.81. The fourth-order valence-electron chi connectivity index (χ4n) is 5.52. The maximum Gasteiger partial charge on any atom is 0.302 e. The van der Waals surface area contributed by atoms with Crippen LogP contribution in [-0.2, 0) is 28.5 Å². The van der Waals surface area contributed by atoms with E-state index < -0.39 is 5.60 Å². The summed E-state index contributed by atoms with van der Waals surface area (Å²) in [4.78, 5) is 23.1. The Balaban J connectivity index is 1.77. The van der Waals surface area contributed by atoms with Crippen molar-refractivity contribution in [3.63, 3.8) is 0 Å². The van der Waals surface area contributed by atoms with Gasteiger partial charge in [-0.25, -0.2) is 0 Å². The zero-order valence-corrected chi connectivity index (χ0v) is 15.3. The molecule has 0 radical (unpaired) electrons. The van der Waals surface area contributed by atoms with E-state index in [9.17, 15) is 9.59 Å². The summed E-state index contributed by atoms with van der Waals surface area (Å²) in [5.74, 6) is -0.588. The van der Waals surface area contributed by atoms with Gasteiger partial charge in [-0.05, 0) is 26.2 Å². The van der Waals surface area contributed by atoms with Crippen molar-refractivity contribution in [1.29, 1.82) is 0 Å². The van der Waals surface area contributed by atoms with Crippen molar-refractivity contribution in [2.75, 3.05) is 13.2 Å². The van der Waals surface area contributed by atoms with Crippen LogP contribution in [0.3, 0.4) is 0 Å². The highest BCUT2D eigenvalue weighted by molar-refractivity contribution is 5.66. The van der Waals surface area contributed by atoms with Gasteiger partial charge in [0.25, 0.3) is 0 Å². The number of fused-ring (bicyclic) bond motifs is 2. The van der Waals surface area contributed by atoms with E-state index >= 15 is 0 Å². The van der Waals surface area contributed by atoms with Gasteiger partial charge in [0.15, 0.2) is 0 Å². The normalized spacial score (nSPS) is 47.0. The Morgan fingerprint density at radius 1 is 1.32 bits per heavy atom. The molecule has 138 valence electrons. The van der Waals surface area contributed by atoms with Gasteiger partial charge in [0, 0.05) is 24.7 Å². The number of rotatable bonds is 3. The van der Waals surface area contributed by atoms with E-state index in [2.05, 4.69) is 19.9 Å². The number of carbonyl (C=O) groups excluding carboxylic acids is 2. The number of allylic oxidation sites excluding steroid dienone is 1. The first-order valence-electron chi connectivity index (χ1n) is 9.01. The molecule has 0 N–H and O–H groups in total. The molecule has 2 saturated heterocycles. The van der Waals surface area contributed by atoms with Crippen molar-refractivity contribution in [3.8, 4) is 0 Å². The fourth-order valence-corrected chi connectivity index (χ4v) is 5.52. The molecule has 0 aromatic rings. The van der Waals surface area contributed by atoms with Crippen LogP contribution in [0.25, 0.3) is 0 Å². The molecule has 0 aromatic carbocycles. The number of hydrogen-bond acceptors (Lipinski definition) is 6. The van der Waals surface area contributed by atoms with Gasteiger partial charge >= 0.3 is 11.9 Å². The third-order valence-electron chi connectivity index (χ3n) is 6.98. The Kier molecular flexibility index (Phi) is 3.61. The first kappa shape index (κ1) is 17.0. The Labute approximate surface area is 147 Å². The van der Waals surface area contributed by atoms with Crippen LogP contribution in [0.15, 0.2) is 11.6 Å². The molecule has 1 spiro atoms. The smallest absolute Gasteiger partial charge is 0.302 e. The summed E-state index contributed by atoms with van der Waals surface area (Å²) in [5, 5.41) is 0. The lowest BCUT2D eigenvalue weighted by atomic mass is 9.52. The Morgan fingerprint density at radius 3 is 2.64 bits per heavy atom. The summed E-state index contributed by atoms with van der Waals surface area (Å²) >= 11 is 0. The van der Waals surface area contributed by atoms with Crippen LogP contribution in [0.4, 0.5) is 0 Å². The predicted octanol–water partition coefficient (Wildman–Crippen LogP) is 2.15. The summed E-state index contributed by atoms with van der Waals surface area (Å²) in [6, 6.07) is 0. The van der Waals surface area contributed by atoms with E-state index in [4.69, 9.17) is 18.9 Å². The van der Waals surface area contributed by atoms with E-state index in [-0.39, 0.29) is 41.1 Å². The van der Waals surface area contributed by atoms with Crippen molar-refractivity contribution >= 4 is 11.9 Å². The third-order valence-corrected chi connectivity index (χ3v) is 6.98. The molecule has 2 aliphatic carbocycles. The lowest BCUT2D eigenvalue weighted by molar-refractivity contribution is -0.223. The number of esters is 2. The highest BCUT2D eigenvalue weighted by atomic mass is 16.7. The molecule has 6 atom stereocenters. The number of epoxide rings is 1. The van der Waals surface area contributed by atoms with Gasteiger partial charge in [-0.1, -0.05) is 18.6 Å². The van der Waals surface area contributed by atoms with Crippen molar-refractivity contribution in [1.82, 2.24) is 0 Å². The van der Waals surface area contributed by atoms with Crippen LogP contribution in [0, 0.1) is 10.8 Å². The SMILES string of the molecule is CC(=O)OC[C@]12CCC(C)=C[C@H]1O[C@@H]1[C@H](OC(C)=O)C[C@@]2(C)[C@@]12CO2. The van der Waals surface area contributed by atoms with Crippen LogP contribution < -0.4 is 0 Å². The zero-order valence-electron chi connectivity index (χ0n) is 15.3. The molecule has 1 saturated carbocycles. The van der Waals surface area contributed by atoms with E-state index in [0.29, 0.717) is 19.6 Å².